The number of rotatable bonds is 16. The maximum atomic E-state index is 5.85. The van der Waals surface area contributed by atoms with Crippen LogP contribution in [0.15, 0.2) is 205 Å². The molecule has 8 bridgehead atoms. The summed E-state index contributed by atoms with van der Waals surface area (Å²) in [5.74, 6) is 5.90. The molecule has 0 saturated carbocycles. The molecule has 0 unspecified atom stereocenters. The number of hydrogen-bond donors (Lipinski definition) is 2. The van der Waals surface area contributed by atoms with Gasteiger partial charge in [-0.15, -0.1) is 0 Å². The number of aliphatic imine (C=N–C) groups is 1. The minimum atomic E-state index is 0.734. The Labute approximate surface area is 510 Å². The van der Waals surface area contributed by atoms with Crippen molar-refractivity contribution in [1.29, 1.82) is 0 Å². The van der Waals surface area contributed by atoms with Crippen LogP contribution in [0.5, 0.6) is 46.0 Å². The highest BCUT2D eigenvalue weighted by molar-refractivity contribution is 6.05. The summed E-state index contributed by atoms with van der Waals surface area (Å²) in [5.41, 5.74) is 21.8. The Balaban J connectivity index is 1.08. The molecule has 2 aliphatic rings. The minimum Gasteiger partial charge on any atom is -0.497 e. The Kier molecular flexibility index (Phi) is 15.3. The van der Waals surface area contributed by atoms with Crippen LogP contribution in [0.3, 0.4) is 0 Å². The summed E-state index contributed by atoms with van der Waals surface area (Å²) in [6.07, 6.45) is 6.19. The van der Waals surface area contributed by atoms with Gasteiger partial charge < -0.3 is 47.9 Å². The van der Waals surface area contributed by atoms with E-state index in [-0.39, 0.29) is 0 Å². The number of ether oxygens (including phenoxy) is 8. The Morgan fingerprint density at radius 2 is 0.557 bits per heavy atom. The lowest BCUT2D eigenvalue weighted by atomic mass is 9.96. The molecule has 12 heteroatoms. The van der Waals surface area contributed by atoms with Crippen LogP contribution in [0.25, 0.3) is 123 Å². The van der Waals surface area contributed by atoms with Gasteiger partial charge in [-0.3, -0.25) is 4.99 Å². The third-order valence-corrected chi connectivity index (χ3v) is 16.3. The summed E-state index contributed by atoms with van der Waals surface area (Å²) in [6.45, 7) is 0. The molecule has 88 heavy (non-hydrogen) atoms. The maximum absolute atomic E-state index is 5.85. The third kappa shape index (κ3) is 10.5. The van der Waals surface area contributed by atoms with E-state index in [0.717, 1.165) is 180 Å². The smallest absolute Gasteiger partial charge is 0.126 e. The standard InChI is InChI=1S/C76H62N4O8/c1-81-54-25-35-69(85-5)58(40-54)45-9-17-49(18-10-45)73-53-39-68(77-44-53)76(52-23-15-48(16-24-52)61-43-57(84-4)28-38-72(61)88-8)67-34-33-66(80-67)75(51-21-13-47(14-22-51)60-42-56(83-3)27-37-71(60)87-7)65-32-31-64(79-65)74(63-30-29-62(73)78-63)50-19-11-46(12-20-50)59-41-55(82-2)26-36-70(59)86-6/h9-44,78,80H,1-8H3. The van der Waals surface area contributed by atoms with Crippen molar-refractivity contribution in [2.75, 3.05) is 56.9 Å². The average Bonchev–Trinajstić information content (AvgIpc) is 2.98. The first kappa shape index (κ1) is 55.9. The van der Waals surface area contributed by atoms with Crippen LogP contribution >= 0.6 is 0 Å². The fourth-order valence-electron chi connectivity index (χ4n) is 11.9. The number of fused-ring (bicyclic) bond motifs is 8. The molecule has 0 aliphatic carbocycles. The second-order valence-electron chi connectivity index (χ2n) is 21.1. The van der Waals surface area contributed by atoms with Crippen LogP contribution in [-0.4, -0.2) is 78.0 Å². The van der Waals surface area contributed by atoms with Crippen LogP contribution in [0.2, 0.25) is 0 Å². The number of nitrogens with zero attached hydrogens (tertiary/aromatic N) is 2. The van der Waals surface area contributed by atoms with Crippen LogP contribution in [0.4, 0.5) is 5.69 Å². The van der Waals surface area contributed by atoms with E-state index in [9.17, 15) is 0 Å². The van der Waals surface area contributed by atoms with Crippen molar-refractivity contribution in [3.63, 3.8) is 0 Å². The van der Waals surface area contributed by atoms with Crippen molar-refractivity contribution in [3.8, 4) is 135 Å². The second-order valence-corrected chi connectivity index (χ2v) is 21.1. The lowest BCUT2D eigenvalue weighted by molar-refractivity contribution is 0.404. The first-order valence-electron chi connectivity index (χ1n) is 28.7. The molecule has 0 amide bonds. The molecule has 2 N–H and O–H groups in total. The van der Waals surface area contributed by atoms with Crippen LogP contribution < -0.4 is 37.9 Å². The predicted molar refractivity (Wildman–Crippen MR) is 355 cm³/mol. The van der Waals surface area contributed by atoms with E-state index in [4.69, 9.17) is 47.9 Å². The normalized spacial score (nSPS) is 11.5. The average molecular weight is 1160 g/mol. The van der Waals surface area contributed by atoms with Gasteiger partial charge in [0.2, 0.25) is 0 Å². The fraction of sp³-hybridized carbons (Fsp3) is 0.105. The van der Waals surface area contributed by atoms with Crippen LogP contribution in [-0.2, 0) is 0 Å². The van der Waals surface area contributed by atoms with E-state index in [0.29, 0.717) is 0 Å². The van der Waals surface area contributed by atoms with Crippen molar-refractivity contribution in [2.24, 2.45) is 4.99 Å². The molecule has 13 rings (SSSR count). The van der Waals surface area contributed by atoms with E-state index in [1.807, 2.05) is 79.0 Å². The summed E-state index contributed by atoms with van der Waals surface area (Å²) >= 11 is 0. The maximum Gasteiger partial charge on any atom is 0.126 e. The molecule has 434 valence electrons. The molecule has 3 aromatic heterocycles. The number of benzene rings is 8. The summed E-state index contributed by atoms with van der Waals surface area (Å²) < 4.78 is 46.0. The molecule has 0 radical (unpaired) electrons. The predicted octanol–water partition coefficient (Wildman–Crippen LogP) is 18.2. The quantitative estimate of drug-likeness (QED) is 0.0971. The van der Waals surface area contributed by atoms with E-state index >= 15 is 0 Å². The Hall–Kier alpha value is -11.2. The topological polar surface area (TPSA) is 131 Å². The summed E-state index contributed by atoms with van der Waals surface area (Å²) in [4.78, 5) is 18.8. The molecule has 0 atom stereocenters. The zero-order chi connectivity index (χ0) is 60.4. The van der Waals surface area contributed by atoms with Gasteiger partial charge in [0.15, 0.2) is 0 Å². The van der Waals surface area contributed by atoms with Crippen molar-refractivity contribution < 1.29 is 37.9 Å². The SMILES string of the molecule is COc1ccc(OC)c(-c2ccc(-c3c4cc(c(-c5ccc(-c6cc(OC)ccc6OC)cc5)c5ccc([nH]5)c(-c5ccc(-c6cc(OC)ccc6OC)cc5)c5nc(c(-c6ccc(-c7cc(OC)ccc7OC)cc6)c6ccc3[nH]6)C=C5)N=C4)cc2)c1. The van der Waals surface area contributed by atoms with Gasteiger partial charge in [-0.25, -0.2) is 4.98 Å². The first-order valence-corrected chi connectivity index (χ1v) is 28.7. The molecular weight excluding hydrogens is 1100 g/mol. The minimum absolute atomic E-state index is 0.734. The first-order chi connectivity index (χ1) is 43.2. The Morgan fingerprint density at radius 1 is 0.273 bits per heavy atom. The van der Waals surface area contributed by atoms with Crippen LogP contribution in [0.1, 0.15) is 17.0 Å². The number of nitrogens with one attached hydrogen (secondary N) is 2. The lowest BCUT2D eigenvalue weighted by Crippen LogP contribution is -1.92. The van der Waals surface area contributed by atoms with Crippen molar-refractivity contribution in [2.45, 2.75) is 0 Å². The third-order valence-electron chi connectivity index (χ3n) is 16.3. The number of H-pyrrole nitrogens is 2. The molecule has 0 saturated heterocycles. The van der Waals surface area contributed by atoms with E-state index in [2.05, 4.69) is 150 Å². The zero-order valence-corrected chi connectivity index (χ0v) is 49.9. The van der Waals surface area contributed by atoms with E-state index in [1.54, 1.807) is 56.9 Å². The summed E-state index contributed by atoms with van der Waals surface area (Å²) in [6, 6.07) is 68.2. The molecule has 2 aliphatic heterocycles. The van der Waals surface area contributed by atoms with Gasteiger partial charge in [0.1, 0.15) is 46.0 Å². The largest absolute Gasteiger partial charge is 0.497 e. The van der Waals surface area contributed by atoms with Gasteiger partial charge in [0.25, 0.3) is 0 Å². The molecular formula is C76H62N4O8. The highest BCUT2D eigenvalue weighted by Gasteiger charge is 2.21. The number of aromatic amines is 2. The van der Waals surface area contributed by atoms with Crippen molar-refractivity contribution in [1.82, 2.24) is 15.0 Å². The van der Waals surface area contributed by atoms with E-state index in [1.165, 1.54) is 0 Å². The van der Waals surface area contributed by atoms with E-state index < -0.39 is 0 Å². The van der Waals surface area contributed by atoms with Gasteiger partial charge in [-0.2, -0.15) is 0 Å². The monoisotopic (exact) mass is 1160 g/mol. The molecule has 0 fully saturated rings. The number of methoxy groups -OCH3 is 8. The number of aromatic nitrogens is 3. The fourth-order valence-corrected chi connectivity index (χ4v) is 11.9. The Bertz CT molecular complexity index is 4110. The Morgan fingerprint density at radius 3 is 0.875 bits per heavy atom. The highest BCUT2D eigenvalue weighted by atomic mass is 16.5. The van der Waals surface area contributed by atoms with Gasteiger partial charge in [-0.1, -0.05) is 97.1 Å². The lowest BCUT2D eigenvalue weighted by Gasteiger charge is -2.12. The summed E-state index contributed by atoms with van der Waals surface area (Å²) in [7, 11) is 13.4. The molecule has 12 nitrogen and oxygen atoms in total. The summed E-state index contributed by atoms with van der Waals surface area (Å²) in [5, 5.41) is 0. The van der Waals surface area contributed by atoms with Gasteiger partial charge >= 0.3 is 0 Å². The number of hydrogen-bond acceptors (Lipinski definition) is 10. The van der Waals surface area contributed by atoms with Crippen LogP contribution in [0, 0.1) is 0 Å². The molecule has 8 aromatic carbocycles. The molecule has 0 spiro atoms. The zero-order valence-electron chi connectivity index (χ0n) is 49.9. The van der Waals surface area contributed by atoms with Crippen molar-refractivity contribution >= 4 is 46.1 Å². The van der Waals surface area contributed by atoms with Gasteiger partial charge in [0.05, 0.1) is 74.0 Å². The second kappa shape index (κ2) is 24.0. The molecule has 11 aromatic rings. The van der Waals surface area contributed by atoms with Crippen molar-refractivity contribution in [3.05, 3.63) is 217 Å². The van der Waals surface area contributed by atoms with Gasteiger partial charge in [-0.05, 0) is 160 Å². The highest BCUT2D eigenvalue weighted by Crippen LogP contribution is 2.45. The molecule has 5 heterocycles. The van der Waals surface area contributed by atoms with Gasteiger partial charge in [0, 0.05) is 78.4 Å².